The lowest BCUT2D eigenvalue weighted by Gasteiger charge is -2.30. The Balaban J connectivity index is 1.86. The predicted molar refractivity (Wildman–Crippen MR) is 111 cm³/mol. The number of nitrogens with one attached hydrogen (secondary N) is 2. The minimum absolute atomic E-state index is 0.0445. The van der Waals surface area contributed by atoms with Gasteiger partial charge in [0.2, 0.25) is 0 Å². The first-order valence-corrected chi connectivity index (χ1v) is 10.2. The zero-order chi connectivity index (χ0) is 21.1. The molecule has 0 spiro atoms. The topological polar surface area (TPSA) is 92.2 Å². The molecule has 1 atom stereocenters. The number of nitrogens with zero attached hydrogens (tertiary/aromatic N) is 4. The lowest BCUT2D eigenvalue weighted by molar-refractivity contribution is 0.0933. The van der Waals surface area contributed by atoms with E-state index in [0.29, 0.717) is 24.5 Å². The van der Waals surface area contributed by atoms with E-state index in [4.69, 9.17) is 0 Å². The van der Waals surface area contributed by atoms with Crippen LogP contribution in [0, 0.1) is 6.92 Å². The molecular formula is C21H30N6O2. The number of carbonyl (C=O) groups is 2. The molecule has 2 aromatic rings. The number of fused-ring (bicyclic) bond motifs is 1. The van der Waals surface area contributed by atoms with Gasteiger partial charge in [0.15, 0.2) is 5.69 Å². The maximum Gasteiger partial charge on any atom is 0.317 e. The van der Waals surface area contributed by atoms with E-state index >= 15 is 0 Å². The Morgan fingerprint density at radius 3 is 2.66 bits per heavy atom. The third kappa shape index (κ3) is 4.41. The van der Waals surface area contributed by atoms with Crippen LogP contribution in [0.4, 0.5) is 4.79 Å². The highest BCUT2D eigenvalue weighted by atomic mass is 16.2. The lowest BCUT2D eigenvalue weighted by Crippen LogP contribution is -2.45. The van der Waals surface area contributed by atoms with Crippen LogP contribution in [0.3, 0.4) is 0 Å². The number of benzene rings is 1. The van der Waals surface area contributed by atoms with E-state index < -0.39 is 0 Å². The zero-order valence-electron chi connectivity index (χ0n) is 17.8. The second kappa shape index (κ2) is 8.63. The maximum atomic E-state index is 12.5. The summed E-state index contributed by atoms with van der Waals surface area (Å²) < 4.78 is 1.73. The van der Waals surface area contributed by atoms with Crippen LogP contribution in [-0.2, 0) is 13.0 Å². The van der Waals surface area contributed by atoms with Gasteiger partial charge in [0.25, 0.3) is 5.91 Å². The molecule has 1 aromatic carbocycles. The van der Waals surface area contributed by atoms with E-state index in [1.165, 1.54) is 0 Å². The van der Waals surface area contributed by atoms with Crippen LogP contribution < -0.4 is 10.6 Å². The Kier molecular flexibility index (Phi) is 6.20. The molecule has 0 unspecified atom stereocenters. The summed E-state index contributed by atoms with van der Waals surface area (Å²) in [7, 11) is 0. The maximum absolute atomic E-state index is 12.5. The average molecular weight is 399 g/mol. The molecule has 0 radical (unpaired) electrons. The largest absolute Gasteiger partial charge is 0.348 e. The number of hydrogen-bond donors (Lipinski definition) is 2. The van der Waals surface area contributed by atoms with Crippen molar-refractivity contribution in [3.8, 4) is 5.69 Å². The van der Waals surface area contributed by atoms with Crippen molar-refractivity contribution in [2.75, 3.05) is 6.54 Å². The number of urea groups is 1. The second-order valence-electron chi connectivity index (χ2n) is 7.91. The molecule has 0 fully saturated rings. The molecule has 156 valence electrons. The molecule has 0 saturated carbocycles. The molecule has 0 bridgehead atoms. The van der Waals surface area contributed by atoms with Crippen molar-refractivity contribution in [1.82, 2.24) is 30.5 Å². The molecule has 29 heavy (non-hydrogen) atoms. The Hall–Kier alpha value is -2.90. The fourth-order valence-corrected chi connectivity index (χ4v) is 3.46. The standard InChI is InChI=1S/C21H30N6O2/c1-6-14(4)23-20(28)19-15(5)27(25-24-19)18-9-7-8-16-12-26(11-10-17(16)18)21(29)22-13(2)3/h7-9,13-14H,6,10-12H2,1-5H3,(H,22,29)(H,23,28)/t14-/m0/s1. The van der Waals surface area contributed by atoms with Crippen LogP contribution >= 0.6 is 0 Å². The van der Waals surface area contributed by atoms with Crippen LogP contribution in [-0.4, -0.2) is 50.5 Å². The molecule has 0 aliphatic carbocycles. The summed E-state index contributed by atoms with van der Waals surface area (Å²) in [6.07, 6.45) is 1.58. The number of carbonyl (C=O) groups excluding carboxylic acids is 2. The molecule has 8 heteroatoms. The first kappa shape index (κ1) is 20.8. The average Bonchev–Trinajstić information content (AvgIpc) is 3.07. The van der Waals surface area contributed by atoms with Gasteiger partial charge in [-0.15, -0.1) is 5.10 Å². The van der Waals surface area contributed by atoms with Gasteiger partial charge in [0.05, 0.1) is 11.4 Å². The summed E-state index contributed by atoms with van der Waals surface area (Å²) in [6, 6.07) is 6.12. The number of rotatable bonds is 5. The molecule has 2 heterocycles. The molecular weight excluding hydrogens is 368 g/mol. The zero-order valence-corrected chi connectivity index (χ0v) is 17.8. The van der Waals surface area contributed by atoms with Gasteiger partial charge in [0, 0.05) is 25.2 Å². The number of amides is 3. The van der Waals surface area contributed by atoms with Gasteiger partial charge in [-0.25, -0.2) is 9.48 Å². The quantitative estimate of drug-likeness (QED) is 0.810. The molecule has 8 nitrogen and oxygen atoms in total. The van der Waals surface area contributed by atoms with E-state index in [9.17, 15) is 9.59 Å². The highest BCUT2D eigenvalue weighted by Gasteiger charge is 2.25. The molecule has 3 amide bonds. The van der Waals surface area contributed by atoms with E-state index in [-0.39, 0.29) is 24.0 Å². The minimum atomic E-state index is -0.204. The van der Waals surface area contributed by atoms with Gasteiger partial charge in [-0.2, -0.15) is 0 Å². The van der Waals surface area contributed by atoms with Crippen molar-refractivity contribution >= 4 is 11.9 Å². The Labute approximate surface area is 171 Å². The van der Waals surface area contributed by atoms with Crippen molar-refractivity contribution in [1.29, 1.82) is 0 Å². The van der Waals surface area contributed by atoms with Crippen LogP contribution in [0.25, 0.3) is 5.69 Å². The minimum Gasteiger partial charge on any atom is -0.348 e. The summed E-state index contributed by atoms with van der Waals surface area (Å²) in [5.74, 6) is -0.204. The Bertz CT molecular complexity index is 905. The van der Waals surface area contributed by atoms with E-state index in [1.54, 1.807) is 4.68 Å². The van der Waals surface area contributed by atoms with E-state index in [0.717, 1.165) is 29.7 Å². The Morgan fingerprint density at radius 2 is 1.97 bits per heavy atom. The second-order valence-corrected chi connectivity index (χ2v) is 7.91. The molecule has 3 rings (SSSR count). The number of hydrogen-bond acceptors (Lipinski definition) is 4. The highest BCUT2D eigenvalue weighted by molar-refractivity contribution is 5.93. The van der Waals surface area contributed by atoms with Gasteiger partial charge >= 0.3 is 6.03 Å². The third-order valence-electron chi connectivity index (χ3n) is 5.27. The molecule has 2 N–H and O–H groups in total. The Morgan fingerprint density at radius 1 is 1.21 bits per heavy atom. The van der Waals surface area contributed by atoms with Crippen molar-refractivity contribution < 1.29 is 9.59 Å². The fourth-order valence-electron chi connectivity index (χ4n) is 3.46. The summed E-state index contributed by atoms with van der Waals surface area (Å²) in [5.41, 5.74) is 4.20. The van der Waals surface area contributed by atoms with Crippen molar-refractivity contribution in [2.45, 2.75) is 66.1 Å². The van der Waals surface area contributed by atoms with Gasteiger partial charge in [-0.05, 0) is 57.7 Å². The smallest absolute Gasteiger partial charge is 0.317 e. The molecule has 1 aliphatic rings. The first-order valence-electron chi connectivity index (χ1n) is 10.2. The monoisotopic (exact) mass is 398 g/mol. The van der Waals surface area contributed by atoms with Crippen LogP contribution in [0.15, 0.2) is 18.2 Å². The van der Waals surface area contributed by atoms with E-state index in [2.05, 4.69) is 20.9 Å². The van der Waals surface area contributed by atoms with Crippen molar-refractivity contribution in [3.63, 3.8) is 0 Å². The highest BCUT2D eigenvalue weighted by Crippen LogP contribution is 2.26. The lowest BCUT2D eigenvalue weighted by atomic mass is 9.98. The van der Waals surface area contributed by atoms with E-state index in [1.807, 2.05) is 57.7 Å². The number of aromatic nitrogens is 3. The third-order valence-corrected chi connectivity index (χ3v) is 5.27. The van der Waals surface area contributed by atoms with Crippen molar-refractivity contribution in [2.24, 2.45) is 0 Å². The van der Waals surface area contributed by atoms with Gasteiger partial charge in [0.1, 0.15) is 0 Å². The van der Waals surface area contributed by atoms with Crippen LogP contribution in [0.5, 0.6) is 0 Å². The van der Waals surface area contributed by atoms with Crippen LogP contribution in [0.2, 0.25) is 0 Å². The predicted octanol–water partition coefficient (Wildman–Crippen LogP) is 2.58. The first-order chi connectivity index (χ1) is 13.8. The SMILES string of the molecule is CC[C@H](C)NC(=O)c1nnn(-c2cccc3c2CCN(C(=O)NC(C)C)C3)c1C. The normalized spacial score (nSPS) is 14.5. The fraction of sp³-hybridized carbons (Fsp3) is 0.524. The molecule has 1 aliphatic heterocycles. The summed E-state index contributed by atoms with van der Waals surface area (Å²) in [4.78, 5) is 26.7. The molecule has 1 aromatic heterocycles. The molecule has 0 saturated heterocycles. The van der Waals surface area contributed by atoms with Crippen LogP contribution in [0.1, 0.15) is 61.4 Å². The summed E-state index contributed by atoms with van der Waals surface area (Å²) in [5, 5.41) is 14.3. The summed E-state index contributed by atoms with van der Waals surface area (Å²) in [6.45, 7) is 10.9. The summed E-state index contributed by atoms with van der Waals surface area (Å²) >= 11 is 0. The van der Waals surface area contributed by atoms with Gasteiger partial charge < -0.3 is 15.5 Å². The van der Waals surface area contributed by atoms with Gasteiger partial charge in [-0.3, -0.25) is 4.79 Å². The van der Waals surface area contributed by atoms with Gasteiger partial charge in [-0.1, -0.05) is 24.3 Å². The van der Waals surface area contributed by atoms with Crippen molar-refractivity contribution in [3.05, 3.63) is 40.7 Å².